The van der Waals surface area contributed by atoms with Gasteiger partial charge in [0.25, 0.3) is 11.8 Å². The van der Waals surface area contributed by atoms with Crippen LogP contribution in [0.25, 0.3) is 0 Å². The van der Waals surface area contributed by atoms with E-state index in [4.69, 9.17) is 14.3 Å². The van der Waals surface area contributed by atoms with Gasteiger partial charge in [-0.1, -0.05) is 6.07 Å². The molecule has 166 valence electrons. The highest BCUT2D eigenvalue weighted by Gasteiger charge is 2.15. The number of hydrogen-bond donors (Lipinski definition) is 3. The Bertz CT molecular complexity index is 1250. The molecule has 4 N–H and O–H groups in total. The van der Waals surface area contributed by atoms with Gasteiger partial charge in [-0.2, -0.15) is 0 Å². The van der Waals surface area contributed by atoms with E-state index in [2.05, 4.69) is 10.6 Å². The van der Waals surface area contributed by atoms with Gasteiger partial charge in [-0.05, 0) is 61.0 Å². The average Bonchev–Trinajstić information content (AvgIpc) is 3.28. The maximum absolute atomic E-state index is 12.3. The van der Waals surface area contributed by atoms with Crippen molar-refractivity contribution < 1.29 is 32.0 Å². The molecule has 0 fully saturated rings. The predicted octanol–water partition coefficient (Wildman–Crippen LogP) is 2.28. The minimum atomic E-state index is -3.84. The Labute approximate surface area is 183 Å². The molecule has 3 rings (SSSR count). The highest BCUT2D eigenvalue weighted by molar-refractivity contribution is 7.89. The van der Waals surface area contributed by atoms with Gasteiger partial charge in [0.2, 0.25) is 10.0 Å². The van der Waals surface area contributed by atoms with Crippen LogP contribution in [0.2, 0.25) is 0 Å². The smallest absolute Gasteiger partial charge is 0.338 e. The maximum Gasteiger partial charge on any atom is 0.338 e. The topological polar surface area (TPSA) is 158 Å². The monoisotopic (exact) mass is 457 g/mol. The van der Waals surface area contributed by atoms with Gasteiger partial charge < -0.3 is 19.8 Å². The van der Waals surface area contributed by atoms with Crippen LogP contribution in [0, 0.1) is 6.92 Å². The number of amides is 2. The third kappa shape index (κ3) is 5.80. The first-order chi connectivity index (χ1) is 15.1. The summed E-state index contributed by atoms with van der Waals surface area (Å²) in [4.78, 5) is 36.4. The number of rotatable bonds is 7. The lowest BCUT2D eigenvalue weighted by Crippen LogP contribution is -2.21. The third-order valence-electron chi connectivity index (χ3n) is 4.27. The first-order valence-corrected chi connectivity index (χ1v) is 10.7. The lowest BCUT2D eigenvalue weighted by molar-refractivity contribution is -0.119. The molecule has 0 saturated carbocycles. The lowest BCUT2D eigenvalue weighted by atomic mass is 10.1. The molecule has 0 aliphatic rings. The van der Waals surface area contributed by atoms with Gasteiger partial charge in [-0.25, -0.2) is 18.4 Å². The summed E-state index contributed by atoms with van der Waals surface area (Å²) in [7, 11) is -3.84. The standard InChI is InChI=1S/C21H19N3O7S/c1-13-4-5-14(11-17(13)24-20(26)18-3-2-10-30-18)21(27)31-12-19(25)23-15-6-8-16(9-7-15)32(22,28)29/h2-11H,12H2,1H3,(H,23,25)(H,24,26)(H2,22,28,29). The first kappa shape index (κ1) is 22.7. The van der Waals surface area contributed by atoms with Gasteiger partial charge in [0.05, 0.1) is 16.7 Å². The van der Waals surface area contributed by atoms with E-state index in [0.717, 1.165) is 0 Å². The molecule has 0 spiro atoms. The molecular weight excluding hydrogens is 438 g/mol. The van der Waals surface area contributed by atoms with Gasteiger partial charge >= 0.3 is 5.97 Å². The highest BCUT2D eigenvalue weighted by atomic mass is 32.2. The zero-order valence-electron chi connectivity index (χ0n) is 16.8. The number of ether oxygens (including phenoxy) is 1. The van der Waals surface area contributed by atoms with E-state index < -0.39 is 34.4 Å². The Kier molecular flexibility index (Phi) is 6.71. The van der Waals surface area contributed by atoms with Gasteiger partial charge in [0.15, 0.2) is 12.4 Å². The number of carbonyl (C=O) groups excluding carboxylic acids is 3. The number of nitrogens with one attached hydrogen (secondary N) is 2. The van der Waals surface area contributed by atoms with Gasteiger partial charge in [-0.3, -0.25) is 9.59 Å². The van der Waals surface area contributed by atoms with E-state index >= 15 is 0 Å². The van der Waals surface area contributed by atoms with Crippen LogP contribution in [0.3, 0.4) is 0 Å². The molecule has 11 heteroatoms. The van der Waals surface area contributed by atoms with Crippen molar-refractivity contribution in [1.82, 2.24) is 0 Å². The van der Waals surface area contributed by atoms with Crippen LogP contribution in [0.4, 0.5) is 11.4 Å². The molecule has 32 heavy (non-hydrogen) atoms. The Balaban J connectivity index is 1.58. The number of benzene rings is 2. The number of hydrogen-bond acceptors (Lipinski definition) is 7. The fourth-order valence-corrected chi connectivity index (χ4v) is 3.13. The van der Waals surface area contributed by atoms with Crippen molar-refractivity contribution in [1.29, 1.82) is 0 Å². The summed E-state index contributed by atoms with van der Waals surface area (Å²) in [6.07, 6.45) is 1.37. The van der Waals surface area contributed by atoms with Crippen LogP contribution >= 0.6 is 0 Å². The number of sulfonamides is 1. The SMILES string of the molecule is Cc1ccc(C(=O)OCC(=O)Nc2ccc(S(N)(=O)=O)cc2)cc1NC(=O)c1ccco1. The minimum Gasteiger partial charge on any atom is -0.459 e. The largest absolute Gasteiger partial charge is 0.459 e. The van der Waals surface area contributed by atoms with Crippen LogP contribution in [0.5, 0.6) is 0 Å². The van der Waals surface area contributed by atoms with Crippen molar-refractivity contribution in [2.45, 2.75) is 11.8 Å². The van der Waals surface area contributed by atoms with E-state index in [1.807, 2.05) is 0 Å². The molecule has 1 aromatic heterocycles. The van der Waals surface area contributed by atoms with Crippen LogP contribution in [0.1, 0.15) is 26.5 Å². The molecule has 0 saturated heterocycles. The zero-order chi connectivity index (χ0) is 23.3. The van der Waals surface area contributed by atoms with Crippen molar-refractivity contribution >= 4 is 39.2 Å². The number of esters is 1. The normalized spacial score (nSPS) is 10.9. The lowest BCUT2D eigenvalue weighted by Gasteiger charge is -2.10. The second-order valence-electron chi connectivity index (χ2n) is 6.65. The summed E-state index contributed by atoms with van der Waals surface area (Å²) in [5.41, 5.74) is 1.54. The molecule has 0 aliphatic heterocycles. The quantitative estimate of drug-likeness (QED) is 0.459. The Morgan fingerprint density at radius 1 is 1.03 bits per heavy atom. The molecule has 0 bridgehead atoms. The summed E-state index contributed by atoms with van der Waals surface area (Å²) >= 11 is 0. The molecule has 3 aromatic rings. The number of nitrogens with two attached hydrogens (primary N) is 1. The van der Waals surface area contributed by atoms with Crippen LogP contribution in [-0.2, 0) is 19.6 Å². The summed E-state index contributed by atoms with van der Waals surface area (Å²) in [6.45, 7) is 1.18. The van der Waals surface area contributed by atoms with Gasteiger partial charge in [-0.15, -0.1) is 0 Å². The molecule has 1 heterocycles. The Morgan fingerprint density at radius 2 is 1.75 bits per heavy atom. The molecule has 0 unspecified atom stereocenters. The molecule has 0 radical (unpaired) electrons. The minimum absolute atomic E-state index is 0.101. The van der Waals surface area contributed by atoms with Gasteiger partial charge in [0, 0.05) is 11.4 Å². The fourth-order valence-electron chi connectivity index (χ4n) is 2.61. The zero-order valence-corrected chi connectivity index (χ0v) is 17.6. The molecule has 10 nitrogen and oxygen atoms in total. The maximum atomic E-state index is 12.3. The molecule has 2 aromatic carbocycles. The molecule has 2 amide bonds. The van der Waals surface area contributed by atoms with E-state index in [9.17, 15) is 22.8 Å². The average molecular weight is 457 g/mol. The molecule has 0 atom stereocenters. The van der Waals surface area contributed by atoms with Crippen molar-refractivity contribution in [3.05, 3.63) is 77.7 Å². The number of aryl methyl sites for hydroxylation is 1. The number of carbonyl (C=O) groups is 3. The first-order valence-electron chi connectivity index (χ1n) is 9.19. The summed E-state index contributed by atoms with van der Waals surface area (Å²) < 4.78 is 32.5. The van der Waals surface area contributed by atoms with Crippen LogP contribution in [-0.4, -0.2) is 32.8 Å². The van der Waals surface area contributed by atoms with Crippen molar-refractivity contribution in [3.8, 4) is 0 Å². The second kappa shape index (κ2) is 9.45. The molecular formula is C21H19N3O7S. The van der Waals surface area contributed by atoms with E-state index in [1.54, 1.807) is 19.1 Å². The van der Waals surface area contributed by atoms with Crippen molar-refractivity contribution in [3.63, 3.8) is 0 Å². The van der Waals surface area contributed by atoms with Crippen molar-refractivity contribution in [2.75, 3.05) is 17.2 Å². The summed E-state index contributed by atoms with van der Waals surface area (Å²) in [5.74, 6) is -1.75. The van der Waals surface area contributed by atoms with Gasteiger partial charge in [0.1, 0.15) is 0 Å². The number of primary sulfonamides is 1. The number of furan rings is 1. The fraction of sp³-hybridized carbons (Fsp3) is 0.0952. The highest BCUT2D eigenvalue weighted by Crippen LogP contribution is 2.19. The Morgan fingerprint density at radius 3 is 2.38 bits per heavy atom. The third-order valence-corrected chi connectivity index (χ3v) is 5.20. The van der Waals surface area contributed by atoms with E-state index in [0.29, 0.717) is 16.9 Å². The second-order valence-corrected chi connectivity index (χ2v) is 8.22. The number of anilines is 2. The van der Waals surface area contributed by atoms with E-state index in [-0.39, 0.29) is 16.2 Å². The van der Waals surface area contributed by atoms with Crippen LogP contribution in [0.15, 0.2) is 70.2 Å². The summed E-state index contributed by atoms with van der Waals surface area (Å²) in [6, 6.07) is 12.8. The molecule has 0 aliphatic carbocycles. The van der Waals surface area contributed by atoms with E-state index in [1.165, 1.54) is 48.7 Å². The summed E-state index contributed by atoms with van der Waals surface area (Å²) in [5, 5.41) is 10.1. The Hall–Kier alpha value is -3.96. The van der Waals surface area contributed by atoms with Crippen LogP contribution < -0.4 is 15.8 Å². The predicted molar refractivity (Wildman–Crippen MR) is 115 cm³/mol. The van der Waals surface area contributed by atoms with Crippen molar-refractivity contribution in [2.24, 2.45) is 5.14 Å².